The van der Waals surface area contributed by atoms with Crippen molar-refractivity contribution in [2.24, 2.45) is 0 Å². The molecule has 0 N–H and O–H groups in total. The molecule has 3 aromatic rings. The molecule has 5 heteroatoms. The molecular formula is C18H18F2N2O. The quantitative estimate of drug-likeness (QED) is 0.701. The van der Waals surface area contributed by atoms with E-state index in [2.05, 4.69) is 5.10 Å². The summed E-state index contributed by atoms with van der Waals surface area (Å²) in [7, 11) is 0. The van der Waals surface area contributed by atoms with E-state index in [-0.39, 0.29) is 17.9 Å². The van der Waals surface area contributed by atoms with Crippen molar-refractivity contribution in [2.45, 2.75) is 26.8 Å². The highest BCUT2D eigenvalue weighted by molar-refractivity contribution is 5.82. The molecule has 3 rings (SSSR count). The highest BCUT2D eigenvalue weighted by Crippen LogP contribution is 2.24. The van der Waals surface area contributed by atoms with Crippen LogP contribution in [-0.2, 0) is 13.0 Å². The first-order valence-electron chi connectivity index (χ1n) is 7.69. The molecule has 0 atom stereocenters. The van der Waals surface area contributed by atoms with Gasteiger partial charge in [-0.05, 0) is 19.4 Å². The molecule has 0 fully saturated rings. The van der Waals surface area contributed by atoms with Crippen molar-refractivity contribution in [3.8, 4) is 5.75 Å². The first-order chi connectivity index (χ1) is 11.1. The topological polar surface area (TPSA) is 27.1 Å². The van der Waals surface area contributed by atoms with Crippen LogP contribution in [0.3, 0.4) is 0 Å². The second kappa shape index (κ2) is 6.36. The van der Waals surface area contributed by atoms with Crippen molar-refractivity contribution in [3.05, 3.63) is 59.3 Å². The summed E-state index contributed by atoms with van der Waals surface area (Å²) in [5.74, 6) is -1.04. The van der Waals surface area contributed by atoms with Crippen LogP contribution < -0.4 is 4.74 Å². The lowest BCUT2D eigenvalue weighted by Gasteiger charge is -2.09. The Morgan fingerprint density at radius 1 is 1.09 bits per heavy atom. The van der Waals surface area contributed by atoms with Crippen LogP contribution in [0.15, 0.2) is 36.4 Å². The van der Waals surface area contributed by atoms with Crippen molar-refractivity contribution in [1.82, 2.24) is 9.78 Å². The molecule has 3 nitrogen and oxygen atoms in total. The van der Waals surface area contributed by atoms with Gasteiger partial charge in [-0.2, -0.15) is 5.10 Å². The number of para-hydroxylation sites is 1. The highest BCUT2D eigenvalue weighted by Gasteiger charge is 2.15. The Morgan fingerprint density at radius 2 is 1.78 bits per heavy atom. The summed E-state index contributed by atoms with van der Waals surface area (Å²) in [5.41, 5.74) is 1.79. The van der Waals surface area contributed by atoms with E-state index in [1.54, 1.807) is 11.6 Å². The Bertz CT molecular complexity index is 819. The fourth-order valence-corrected chi connectivity index (χ4v) is 2.71. The lowest BCUT2D eigenvalue weighted by atomic mass is 10.1. The summed E-state index contributed by atoms with van der Waals surface area (Å²) in [6, 6.07) is 10.1. The molecular weight excluding hydrogens is 298 g/mol. The molecule has 0 aliphatic rings. The maximum absolute atomic E-state index is 14.2. The van der Waals surface area contributed by atoms with Gasteiger partial charge in [0.2, 0.25) is 0 Å². The van der Waals surface area contributed by atoms with Gasteiger partial charge in [-0.3, -0.25) is 4.68 Å². The first kappa shape index (κ1) is 15.5. The number of benzene rings is 2. The minimum absolute atomic E-state index is 0.00985. The minimum Gasteiger partial charge on any atom is -0.494 e. The van der Waals surface area contributed by atoms with E-state index in [0.717, 1.165) is 23.0 Å². The van der Waals surface area contributed by atoms with E-state index in [9.17, 15) is 8.78 Å². The maximum atomic E-state index is 14.2. The zero-order chi connectivity index (χ0) is 16.4. The van der Waals surface area contributed by atoms with Crippen LogP contribution in [0.5, 0.6) is 5.75 Å². The molecule has 0 spiro atoms. The van der Waals surface area contributed by atoms with Crippen molar-refractivity contribution in [2.75, 3.05) is 6.61 Å². The smallest absolute Gasteiger partial charge is 0.134 e. The van der Waals surface area contributed by atoms with Crippen LogP contribution in [-0.4, -0.2) is 16.4 Å². The van der Waals surface area contributed by atoms with Crippen LogP contribution in [0.1, 0.15) is 25.1 Å². The SMILES string of the molecule is CCOc1cc(F)c(Cn2nc(CC)c3ccccc32)c(F)c1. The van der Waals surface area contributed by atoms with Gasteiger partial charge in [0.15, 0.2) is 0 Å². The Hall–Kier alpha value is -2.43. The lowest BCUT2D eigenvalue weighted by molar-refractivity contribution is 0.335. The molecule has 23 heavy (non-hydrogen) atoms. The molecule has 1 heterocycles. The van der Waals surface area contributed by atoms with Gasteiger partial charge in [-0.1, -0.05) is 25.1 Å². The summed E-state index contributed by atoms with van der Waals surface area (Å²) in [4.78, 5) is 0. The average molecular weight is 316 g/mol. The number of hydrogen-bond acceptors (Lipinski definition) is 2. The third kappa shape index (κ3) is 2.91. The van der Waals surface area contributed by atoms with Crippen LogP contribution in [0.25, 0.3) is 10.9 Å². The van der Waals surface area contributed by atoms with Gasteiger partial charge in [-0.15, -0.1) is 0 Å². The Labute approximate surface area is 133 Å². The molecule has 0 bridgehead atoms. The Balaban J connectivity index is 2.03. The Morgan fingerprint density at radius 3 is 2.43 bits per heavy atom. The van der Waals surface area contributed by atoms with Crippen LogP contribution in [0, 0.1) is 11.6 Å². The average Bonchev–Trinajstić information content (AvgIpc) is 2.89. The maximum Gasteiger partial charge on any atom is 0.134 e. The van der Waals surface area contributed by atoms with Gasteiger partial charge in [0.25, 0.3) is 0 Å². The molecule has 0 radical (unpaired) electrons. The fourth-order valence-electron chi connectivity index (χ4n) is 2.71. The normalized spacial score (nSPS) is 11.1. The largest absolute Gasteiger partial charge is 0.494 e. The highest BCUT2D eigenvalue weighted by atomic mass is 19.1. The zero-order valence-electron chi connectivity index (χ0n) is 13.1. The van der Waals surface area contributed by atoms with Gasteiger partial charge >= 0.3 is 0 Å². The lowest BCUT2D eigenvalue weighted by Crippen LogP contribution is -2.07. The predicted molar refractivity (Wildman–Crippen MR) is 85.7 cm³/mol. The number of hydrogen-bond donors (Lipinski definition) is 0. The van der Waals surface area contributed by atoms with Crippen molar-refractivity contribution in [1.29, 1.82) is 0 Å². The molecule has 120 valence electrons. The van der Waals surface area contributed by atoms with Gasteiger partial charge in [0.1, 0.15) is 17.4 Å². The monoisotopic (exact) mass is 316 g/mol. The molecule has 0 aliphatic heterocycles. The predicted octanol–water partition coefficient (Wildman–Crippen LogP) is 4.32. The standard InChI is InChI=1S/C18H18F2N2O/c1-3-17-13-7-5-6-8-18(13)22(21-17)11-14-15(19)9-12(23-4-2)10-16(14)20/h5-10H,3-4,11H2,1-2H3. The minimum atomic E-state index is -0.619. The van der Waals surface area contributed by atoms with Gasteiger partial charge in [0.05, 0.1) is 24.4 Å². The molecule has 1 aromatic heterocycles. The molecule has 0 saturated heterocycles. The summed E-state index contributed by atoms with van der Waals surface area (Å²) in [6.07, 6.45) is 0.766. The van der Waals surface area contributed by atoms with Crippen LogP contribution in [0.2, 0.25) is 0 Å². The summed E-state index contributed by atoms with van der Waals surface area (Å²) >= 11 is 0. The second-order valence-corrected chi connectivity index (χ2v) is 5.27. The third-order valence-corrected chi connectivity index (χ3v) is 3.80. The van der Waals surface area contributed by atoms with Crippen molar-refractivity contribution in [3.63, 3.8) is 0 Å². The van der Waals surface area contributed by atoms with E-state index in [4.69, 9.17) is 4.74 Å². The van der Waals surface area contributed by atoms with Gasteiger partial charge in [0, 0.05) is 23.1 Å². The number of aromatic nitrogens is 2. The Kier molecular flexibility index (Phi) is 4.28. The number of fused-ring (bicyclic) bond motifs is 1. The number of aryl methyl sites for hydroxylation is 1. The van der Waals surface area contributed by atoms with Crippen LogP contribution >= 0.6 is 0 Å². The second-order valence-electron chi connectivity index (χ2n) is 5.27. The van der Waals surface area contributed by atoms with E-state index < -0.39 is 11.6 Å². The summed E-state index contributed by atoms with van der Waals surface area (Å²) in [6.45, 7) is 4.19. The fraction of sp³-hybridized carbons (Fsp3) is 0.278. The number of ether oxygens (including phenoxy) is 1. The van der Waals surface area contributed by atoms with Crippen molar-refractivity contribution < 1.29 is 13.5 Å². The summed E-state index contributed by atoms with van der Waals surface area (Å²) < 4.78 is 35.3. The van der Waals surface area contributed by atoms with Gasteiger partial charge < -0.3 is 4.74 Å². The molecule has 0 aliphatic carbocycles. The first-order valence-corrected chi connectivity index (χ1v) is 7.69. The third-order valence-electron chi connectivity index (χ3n) is 3.80. The zero-order valence-corrected chi connectivity index (χ0v) is 13.1. The molecule has 0 saturated carbocycles. The molecule has 2 aromatic carbocycles. The van der Waals surface area contributed by atoms with E-state index in [1.807, 2.05) is 31.2 Å². The number of halogens is 2. The molecule has 0 amide bonds. The van der Waals surface area contributed by atoms with E-state index in [0.29, 0.717) is 6.61 Å². The van der Waals surface area contributed by atoms with E-state index >= 15 is 0 Å². The van der Waals surface area contributed by atoms with Crippen LogP contribution in [0.4, 0.5) is 8.78 Å². The number of rotatable bonds is 5. The van der Waals surface area contributed by atoms with E-state index in [1.165, 1.54) is 12.1 Å². The summed E-state index contributed by atoms with van der Waals surface area (Å²) in [5, 5.41) is 5.51. The number of nitrogens with zero attached hydrogens (tertiary/aromatic N) is 2. The molecule has 0 unspecified atom stereocenters. The van der Waals surface area contributed by atoms with Gasteiger partial charge in [-0.25, -0.2) is 8.78 Å². The van der Waals surface area contributed by atoms with Crippen molar-refractivity contribution >= 4 is 10.9 Å².